The third-order valence-corrected chi connectivity index (χ3v) is 4.26. The van der Waals surface area contributed by atoms with E-state index in [1.807, 2.05) is 0 Å². The van der Waals surface area contributed by atoms with E-state index in [1.54, 1.807) is 14.0 Å². The van der Waals surface area contributed by atoms with E-state index < -0.39 is 15.3 Å². The number of hydrogen-bond donors (Lipinski definition) is 2. The van der Waals surface area contributed by atoms with Crippen LogP contribution in [0.4, 0.5) is 0 Å². The van der Waals surface area contributed by atoms with Gasteiger partial charge in [0.15, 0.2) is 0 Å². The summed E-state index contributed by atoms with van der Waals surface area (Å²) in [6.07, 6.45) is 2.90. The normalized spacial score (nSPS) is 13.8. The molecule has 0 amide bonds. The third-order valence-electron chi connectivity index (χ3n) is 2.43. The largest absolute Gasteiger partial charge is 0.381 e. The summed E-state index contributed by atoms with van der Waals surface area (Å²) in [7, 11) is -1.44. The fourth-order valence-corrected chi connectivity index (χ4v) is 2.38. The fraction of sp³-hybridized carbons (Fsp3) is 1.00. The summed E-state index contributed by atoms with van der Waals surface area (Å²) in [6.45, 7) is 6.09. The van der Waals surface area contributed by atoms with Gasteiger partial charge in [-0.1, -0.05) is 13.3 Å². The van der Waals surface area contributed by atoms with Gasteiger partial charge >= 0.3 is 0 Å². The summed E-state index contributed by atoms with van der Waals surface area (Å²) < 4.78 is 31.3. The van der Waals surface area contributed by atoms with Gasteiger partial charge in [0.25, 0.3) is 0 Å². The van der Waals surface area contributed by atoms with Gasteiger partial charge in [-0.25, -0.2) is 13.1 Å². The molecule has 0 aromatic carbocycles. The Morgan fingerprint density at radius 1 is 1.24 bits per heavy atom. The summed E-state index contributed by atoms with van der Waals surface area (Å²) >= 11 is 0. The average molecular weight is 266 g/mol. The van der Waals surface area contributed by atoms with Crippen molar-refractivity contribution in [2.24, 2.45) is 0 Å². The van der Waals surface area contributed by atoms with Gasteiger partial charge in [0, 0.05) is 26.3 Å². The van der Waals surface area contributed by atoms with Crippen LogP contribution < -0.4 is 10.0 Å². The highest BCUT2D eigenvalue weighted by Crippen LogP contribution is 1.97. The van der Waals surface area contributed by atoms with Crippen LogP contribution in [0.1, 0.15) is 33.1 Å². The molecule has 2 N–H and O–H groups in total. The van der Waals surface area contributed by atoms with Crippen molar-refractivity contribution in [2.75, 3.05) is 33.4 Å². The van der Waals surface area contributed by atoms with Crippen LogP contribution >= 0.6 is 0 Å². The highest BCUT2D eigenvalue weighted by atomic mass is 32.2. The van der Waals surface area contributed by atoms with Crippen molar-refractivity contribution < 1.29 is 13.2 Å². The monoisotopic (exact) mass is 266 g/mol. The molecule has 0 fully saturated rings. The lowest BCUT2D eigenvalue weighted by Gasteiger charge is -2.13. The van der Waals surface area contributed by atoms with Crippen LogP contribution in [0.2, 0.25) is 0 Å². The Morgan fingerprint density at radius 2 is 1.88 bits per heavy atom. The Bertz CT molecular complexity index is 268. The minimum atomic E-state index is -3.19. The maximum atomic E-state index is 11.7. The van der Waals surface area contributed by atoms with E-state index in [9.17, 15) is 8.42 Å². The second-order valence-electron chi connectivity index (χ2n) is 4.13. The van der Waals surface area contributed by atoms with Crippen LogP contribution in [0, 0.1) is 0 Å². The summed E-state index contributed by atoms with van der Waals surface area (Å²) in [6, 6.07) is 0. The predicted octanol–water partition coefficient (Wildman–Crippen LogP) is 0.721. The van der Waals surface area contributed by atoms with Crippen molar-refractivity contribution in [3.63, 3.8) is 0 Å². The van der Waals surface area contributed by atoms with E-state index >= 15 is 0 Å². The Kier molecular flexibility index (Phi) is 9.72. The Balaban J connectivity index is 3.59. The number of unbranched alkanes of at least 4 members (excludes halogenated alkanes) is 1. The average Bonchev–Trinajstić information content (AvgIpc) is 2.28. The number of rotatable bonds is 11. The first-order chi connectivity index (χ1) is 8.04. The zero-order chi connectivity index (χ0) is 13.1. The Morgan fingerprint density at radius 3 is 2.47 bits per heavy atom. The van der Waals surface area contributed by atoms with Crippen LogP contribution in [0.5, 0.6) is 0 Å². The molecule has 0 aliphatic carbocycles. The van der Waals surface area contributed by atoms with Crippen molar-refractivity contribution in [1.82, 2.24) is 10.0 Å². The summed E-state index contributed by atoms with van der Waals surface area (Å²) in [4.78, 5) is 0. The van der Waals surface area contributed by atoms with E-state index in [4.69, 9.17) is 4.74 Å². The first-order valence-electron chi connectivity index (χ1n) is 6.25. The van der Waals surface area contributed by atoms with Gasteiger partial charge in [0.05, 0.1) is 5.25 Å². The molecule has 0 aliphatic heterocycles. The molecule has 0 saturated carbocycles. The standard InChI is InChI=1S/C11H26N2O3S/c1-4-5-8-16-9-6-7-13-17(14,15)11(2)10-12-3/h11-13H,4-10H2,1-3H3. The molecule has 0 heterocycles. The predicted molar refractivity (Wildman–Crippen MR) is 70.7 cm³/mol. The van der Waals surface area contributed by atoms with Gasteiger partial charge in [-0.05, 0) is 26.8 Å². The number of sulfonamides is 1. The quantitative estimate of drug-likeness (QED) is 0.541. The van der Waals surface area contributed by atoms with E-state index in [1.165, 1.54) is 0 Å². The molecule has 0 saturated heterocycles. The molecule has 0 spiro atoms. The second-order valence-corrected chi connectivity index (χ2v) is 6.31. The zero-order valence-electron chi connectivity index (χ0n) is 11.2. The van der Waals surface area contributed by atoms with Crippen molar-refractivity contribution in [3.8, 4) is 0 Å². The number of nitrogens with one attached hydrogen (secondary N) is 2. The minimum absolute atomic E-state index is 0.409. The molecule has 0 aromatic heterocycles. The first-order valence-corrected chi connectivity index (χ1v) is 7.80. The van der Waals surface area contributed by atoms with Crippen LogP contribution in [0.25, 0.3) is 0 Å². The van der Waals surface area contributed by atoms with Gasteiger partial charge in [0.2, 0.25) is 10.0 Å². The van der Waals surface area contributed by atoms with Crippen LogP contribution in [0.15, 0.2) is 0 Å². The lowest BCUT2D eigenvalue weighted by Crippen LogP contribution is -2.38. The van der Waals surface area contributed by atoms with E-state index in [0.717, 1.165) is 25.9 Å². The fourth-order valence-electron chi connectivity index (χ4n) is 1.28. The topological polar surface area (TPSA) is 67.4 Å². The van der Waals surface area contributed by atoms with E-state index in [-0.39, 0.29) is 0 Å². The van der Waals surface area contributed by atoms with Gasteiger partial charge in [-0.15, -0.1) is 0 Å². The third kappa shape index (κ3) is 8.54. The molecule has 104 valence electrons. The lowest BCUT2D eigenvalue weighted by molar-refractivity contribution is 0.130. The van der Waals surface area contributed by atoms with E-state index in [0.29, 0.717) is 19.7 Å². The SMILES string of the molecule is CCCCOCCCNS(=O)(=O)C(C)CNC. The first kappa shape index (κ1) is 16.8. The number of hydrogen-bond acceptors (Lipinski definition) is 4. The Labute approximate surface area is 105 Å². The smallest absolute Gasteiger partial charge is 0.215 e. The van der Waals surface area contributed by atoms with Crippen LogP contribution in [0.3, 0.4) is 0 Å². The van der Waals surface area contributed by atoms with E-state index in [2.05, 4.69) is 17.0 Å². The molecule has 17 heavy (non-hydrogen) atoms. The van der Waals surface area contributed by atoms with Crippen molar-refractivity contribution in [3.05, 3.63) is 0 Å². The molecule has 0 radical (unpaired) electrons. The zero-order valence-corrected chi connectivity index (χ0v) is 12.0. The van der Waals surface area contributed by atoms with Gasteiger partial charge in [-0.2, -0.15) is 0 Å². The molecule has 6 heteroatoms. The van der Waals surface area contributed by atoms with Crippen LogP contribution in [-0.2, 0) is 14.8 Å². The molecule has 5 nitrogen and oxygen atoms in total. The molecule has 0 bridgehead atoms. The van der Waals surface area contributed by atoms with Crippen LogP contribution in [-0.4, -0.2) is 47.0 Å². The molecule has 0 aliphatic rings. The second kappa shape index (κ2) is 9.82. The lowest BCUT2D eigenvalue weighted by atomic mass is 10.4. The molecule has 0 aromatic rings. The molecule has 1 atom stereocenters. The van der Waals surface area contributed by atoms with Gasteiger partial charge in [0.1, 0.15) is 0 Å². The summed E-state index contributed by atoms with van der Waals surface area (Å²) in [5.74, 6) is 0. The van der Waals surface area contributed by atoms with Gasteiger partial charge in [-0.3, -0.25) is 0 Å². The highest BCUT2D eigenvalue weighted by Gasteiger charge is 2.18. The summed E-state index contributed by atoms with van der Waals surface area (Å²) in [5, 5.41) is 2.45. The van der Waals surface area contributed by atoms with Crippen molar-refractivity contribution in [2.45, 2.75) is 38.4 Å². The highest BCUT2D eigenvalue weighted by molar-refractivity contribution is 7.90. The molecule has 0 rings (SSSR count). The van der Waals surface area contributed by atoms with Crippen molar-refractivity contribution >= 4 is 10.0 Å². The maximum Gasteiger partial charge on any atom is 0.215 e. The minimum Gasteiger partial charge on any atom is -0.381 e. The van der Waals surface area contributed by atoms with Crippen molar-refractivity contribution in [1.29, 1.82) is 0 Å². The maximum absolute atomic E-state index is 11.7. The molecular weight excluding hydrogens is 240 g/mol. The summed E-state index contributed by atoms with van der Waals surface area (Å²) in [5.41, 5.74) is 0. The van der Waals surface area contributed by atoms with Gasteiger partial charge < -0.3 is 10.1 Å². The molecule has 1 unspecified atom stereocenters. The molecular formula is C11H26N2O3S. The number of ether oxygens (including phenoxy) is 1. The Hall–Kier alpha value is -0.170.